The van der Waals surface area contributed by atoms with Crippen LogP contribution >= 0.6 is 0 Å². The van der Waals surface area contributed by atoms with Gasteiger partial charge in [0.05, 0.1) is 12.2 Å². The lowest BCUT2D eigenvalue weighted by Gasteiger charge is -2.22. The van der Waals surface area contributed by atoms with Crippen molar-refractivity contribution < 1.29 is 19.4 Å². The van der Waals surface area contributed by atoms with Crippen LogP contribution in [0.3, 0.4) is 0 Å². The van der Waals surface area contributed by atoms with Gasteiger partial charge in [-0.05, 0) is 46.0 Å². The topological polar surface area (TPSA) is 67.8 Å². The van der Waals surface area contributed by atoms with E-state index in [0.29, 0.717) is 19.6 Å². The van der Waals surface area contributed by atoms with E-state index in [-0.39, 0.29) is 18.8 Å². The van der Waals surface area contributed by atoms with Gasteiger partial charge < -0.3 is 19.9 Å². The molecule has 43 heavy (non-hydrogen) atoms. The number of nitrogens with one attached hydrogen (secondary N) is 1. The van der Waals surface area contributed by atoms with Crippen molar-refractivity contribution in [2.75, 3.05) is 19.8 Å². The fourth-order valence-corrected chi connectivity index (χ4v) is 5.71. The number of aliphatic hydroxyl groups excluding tert-OH is 1. The minimum absolute atomic E-state index is 0.0115. The van der Waals surface area contributed by atoms with E-state index in [1.165, 1.54) is 148 Å². The molecule has 0 spiro atoms. The minimum atomic E-state index is -0.534. The van der Waals surface area contributed by atoms with Gasteiger partial charge in [-0.15, -0.1) is 0 Å². The first-order valence-corrected chi connectivity index (χ1v) is 19.1. The van der Waals surface area contributed by atoms with Crippen LogP contribution in [0.5, 0.6) is 0 Å². The molecular formula is C38H77NO4. The Kier molecular flexibility index (Phi) is 32.0. The Bertz CT molecular complexity index is 568. The second-order valence-corrected chi connectivity index (χ2v) is 13.8. The Morgan fingerprint density at radius 3 is 1.28 bits per heavy atom. The lowest BCUT2D eigenvalue weighted by Crippen LogP contribution is -2.32. The molecule has 0 rings (SSSR count). The van der Waals surface area contributed by atoms with Gasteiger partial charge >= 0.3 is 6.09 Å². The van der Waals surface area contributed by atoms with Crippen LogP contribution in [-0.4, -0.2) is 42.7 Å². The van der Waals surface area contributed by atoms with Gasteiger partial charge in [0.25, 0.3) is 0 Å². The van der Waals surface area contributed by atoms with Crippen molar-refractivity contribution in [3.8, 4) is 0 Å². The van der Waals surface area contributed by atoms with E-state index in [1.54, 1.807) is 0 Å². The zero-order chi connectivity index (χ0) is 31.7. The predicted octanol–water partition coefficient (Wildman–Crippen LogP) is 11.8. The smallest absolute Gasteiger partial charge is 0.407 e. The van der Waals surface area contributed by atoms with Crippen molar-refractivity contribution in [3.05, 3.63) is 0 Å². The molecule has 1 unspecified atom stereocenters. The molecule has 0 aromatic carbocycles. The second-order valence-electron chi connectivity index (χ2n) is 13.8. The Labute approximate surface area is 269 Å². The first kappa shape index (κ1) is 42.2. The molecule has 5 nitrogen and oxygen atoms in total. The standard InChI is InChI=1S/C38H77NO4/c1-5-7-9-11-13-15-17-18-19-20-21-23-25-27-29-32-36(31-28-26-24-22-16-14-12-10-8-6-2)43-37(41)39-33-30-34-42-38(3,4)35-40/h36,40H,5-35H2,1-4H3,(H,39,41). The summed E-state index contributed by atoms with van der Waals surface area (Å²) >= 11 is 0. The number of carbonyl (C=O) groups is 1. The summed E-state index contributed by atoms with van der Waals surface area (Å²) in [4.78, 5) is 12.5. The van der Waals surface area contributed by atoms with Crippen LogP contribution < -0.4 is 5.32 Å². The number of ether oxygens (including phenoxy) is 2. The maximum absolute atomic E-state index is 12.5. The second kappa shape index (κ2) is 32.6. The molecule has 0 radical (unpaired) electrons. The molecule has 0 aliphatic heterocycles. The molecular weight excluding hydrogens is 534 g/mol. The number of aliphatic hydroxyl groups is 1. The van der Waals surface area contributed by atoms with Crippen molar-refractivity contribution in [2.24, 2.45) is 0 Å². The highest BCUT2D eigenvalue weighted by Gasteiger charge is 2.17. The summed E-state index contributed by atoms with van der Waals surface area (Å²) in [5.74, 6) is 0. The van der Waals surface area contributed by atoms with Crippen molar-refractivity contribution >= 4 is 6.09 Å². The van der Waals surface area contributed by atoms with Gasteiger partial charge in [-0.3, -0.25) is 0 Å². The number of unbranched alkanes of at least 4 members (excludes halogenated alkanes) is 23. The van der Waals surface area contributed by atoms with E-state index in [0.717, 1.165) is 25.7 Å². The van der Waals surface area contributed by atoms with Crippen molar-refractivity contribution in [1.82, 2.24) is 5.32 Å². The molecule has 1 atom stereocenters. The SMILES string of the molecule is CCCCCCCCCCCCCCCCCC(CCCCCCCCCCCC)OC(=O)NCCCOC(C)(C)CO. The monoisotopic (exact) mass is 612 g/mol. The average Bonchev–Trinajstić information content (AvgIpc) is 2.99. The van der Waals surface area contributed by atoms with Gasteiger partial charge in [-0.25, -0.2) is 4.79 Å². The number of alkyl carbamates (subject to hydrolysis) is 1. The van der Waals surface area contributed by atoms with Gasteiger partial charge in [0.2, 0.25) is 0 Å². The van der Waals surface area contributed by atoms with Crippen LogP contribution in [0.25, 0.3) is 0 Å². The number of carbonyl (C=O) groups excluding carboxylic acids is 1. The van der Waals surface area contributed by atoms with Crippen molar-refractivity contribution in [2.45, 2.75) is 219 Å². The fourth-order valence-electron chi connectivity index (χ4n) is 5.71. The maximum atomic E-state index is 12.5. The van der Waals surface area contributed by atoms with E-state index in [2.05, 4.69) is 19.2 Å². The van der Waals surface area contributed by atoms with Gasteiger partial charge in [-0.2, -0.15) is 0 Å². The first-order valence-electron chi connectivity index (χ1n) is 19.1. The Morgan fingerprint density at radius 1 is 0.581 bits per heavy atom. The van der Waals surface area contributed by atoms with Crippen molar-refractivity contribution in [1.29, 1.82) is 0 Å². The molecule has 0 aromatic heterocycles. The largest absolute Gasteiger partial charge is 0.446 e. The van der Waals surface area contributed by atoms with E-state index in [1.807, 2.05) is 13.8 Å². The van der Waals surface area contributed by atoms with Crippen molar-refractivity contribution in [3.63, 3.8) is 0 Å². The quantitative estimate of drug-likeness (QED) is 0.0710. The Morgan fingerprint density at radius 2 is 0.930 bits per heavy atom. The highest BCUT2D eigenvalue weighted by molar-refractivity contribution is 5.67. The molecule has 0 saturated heterocycles. The molecule has 2 N–H and O–H groups in total. The lowest BCUT2D eigenvalue weighted by molar-refractivity contribution is -0.0539. The number of rotatable bonds is 34. The van der Waals surface area contributed by atoms with Gasteiger partial charge in [0, 0.05) is 13.2 Å². The van der Waals surface area contributed by atoms with E-state index in [9.17, 15) is 9.90 Å². The summed E-state index contributed by atoms with van der Waals surface area (Å²) in [6, 6.07) is 0. The predicted molar refractivity (Wildman–Crippen MR) is 186 cm³/mol. The Hall–Kier alpha value is -0.810. The summed E-state index contributed by atoms with van der Waals surface area (Å²) < 4.78 is 11.5. The van der Waals surface area contributed by atoms with E-state index < -0.39 is 5.60 Å². The molecule has 5 heteroatoms. The summed E-state index contributed by atoms with van der Waals surface area (Å²) in [5, 5.41) is 12.2. The normalized spacial score (nSPS) is 12.5. The number of amides is 1. The van der Waals surface area contributed by atoms with Gasteiger partial charge in [0.1, 0.15) is 6.10 Å². The van der Waals surface area contributed by atoms with Crippen LogP contribution in [0.2, 0.25) is 0 Å². The zero-order valence-corrected chi connectivity index (χ0v) is 29.7. The number of hydrogen-bond donors (Lipinski definition) is 2. The van der Waals surface area contributed by atoms with Crippen LogP contribution in [0, 0.1) is 0 Å². The van der Waals surface area contributed by atoms with Gasteiger partial charge in [0.15, 0.2) is 0 Å². The summed E-state index contributed by atoms with van der Waals surface area (Å²) in [7, 11) is 0. The third-order valence-electron chi connectivity index (χ3n) is 8.75. The lowest BCUT2D eigenvalue weighted by atomic mass is 10.0. The Balaban J connectivity index is 4.07. The molecule has 0 saturated carbocycles. The fraction of sp³-hybridized carbons (Fsp3) is 0.974. The summed E-state index contributed by atoms with van der Waals surface area (Å²) in [6.45, 7) is 9.32. The van der Waals surface area contributed by atoms with E-state index in [4.69, 9.17) is 9.47 Å². The molecule has 258 valence electrons. The molecule has 0 heterocycles. The molecule has 0 bridgehead atoms. The summed E-state index contributed by atoms with van der Waals surface area (Å²) in [5.41, 5.74) is -0.534. The maximum Gasteiger partial charge on any atom is 0.407 e. The third-order valence-corrected chi connectivity index (χ3v) is 8.75. The minimum Gasteiger partial charge on any atom is -0.446 e. The molecule has 0 aliphatic rings. The summed E-state index contributed by atoms with van der Waals surface area (Å²) in [6.07, 6.45) is 36.2. The van der Waals surface area contributed by atoms with Crippen LogP contribution in [-0.2, 0) is 9.47 Å². The van der Waals surface area contributed by atoms with Gasteiger partial charge in [-0.1, -0.05) is 162 Å². The van der Waals surface area contributed by atoms with Crippen LogP contribution in [0.15, 0.2) is 0 Å². The molecule has 0 fully saturated rings. The van der Waals surface area contributed by atoms with Crippen LogP contribution in [0.1, 0.15) is 207 Å². The zero-order valence-electron chi connectivity index (χ0n) is 29.7. The van der Waals surface area contributed by atoms with E-state index >= 15 is 0 Å². The molecule has 0 aliphatic carbocycles. The number of hydrogen-bond acceptors (Lipinski definition) is 4. The highest BCUT2D eigenvalue weighted by atomic mass is 16.6. The molecule has 1 amide bonds. The highest BCUT2D eigenvalue weighted by Crippen LogP contribution is 2.18. The first-order chi connectivity index (χ1) is 20.9. The molecule has 0 aromatic rings. The average molecular weight is 612 g/mol. The van der Waals surface area contributed by atoms with Crippen LogP contribution in [0.4, 0.5) is 4.79 Å². The third kappa shape index (κ3) is 32.4.